The summed E-state index contributed by atoms with van der Waals surface area (Å²) in [5.74, 6) is 0. The van der Waals surface area contributed by atoms with Gasteiger partial charge in [-0.1, -0.05) is 28.1 Å². The minimum absolute atomic E-state index is 0.838. The van der Waals surface area contributed by atoms with E-state index in [1.165, 1.54) is 11.1 Å². The van der Waals surface area contributed by atoms with Crippen molar-refractivity contribution in [1.82, 2.24) is 0 Å². The molecule has 0 aliphatic rings. The van der Waals surface area contributed by atoms with Crippen molar-refractivity contribution >= 4 is 27.3 Å². The summed E-state index contributed by atoms with van der Waals surface area (Å²) in [6.45, 7) is 2.93. The van der Waals surface area contributed by atoms with Crippen molar-refractivity contribution in [3.8, 4) is 0 Å². The molecule has 0 amide bonds. The molecule has 18 heavy (non-hydrogen) atoms. The standard InChI is InChI=1S/C15H17BrN2/c1-11-9-14(7-8-15(11)16)18-10-12-3-5-13(17-2)6-4-12/h3-9,17-18H,10H2,1-2H3. The number of benzene rings is 2. The molecular weight excluding hydrogens is 288 g/mol. The summed E-state index contributed by atoms with van der Waals surface area (Å²) in [5, 5.41) is 6.54. The first-order chi connectivity index (χ1) is 8.69. The number of nitrogens with one attached hydrogen (secondary N) is 2. The summed E-state index contributed by atoms with van der Waals surface area (Å²) in [6, 6.07) is 14.7. The molecule has 0 radical (unpaired) electrons. The molecule has 0 saturated carbocycles. The normalized spacial score (nSPS) is 10.2. The molecule has 0 bridgehead atoms. The van der Waals surface area contributed by atoms with Crippen molar-refractivity contribution < 1.29 is 0 Å². The van der Waals surface area contributed by atoms with E-state index in [9.17, 15) is 0 Å². The lowest BCUT2D eigenvalue weighted by Crippen LogP contribution is -1.99. The maximum Gasteiger partial charge on any atom is 0.0400 e. The van der Waals surface area contributed by atoms with Crippen LogP contribution >= 0.6 is 15.9 Å². The minimum atomic E-state index is 0.838. The topological polar surface area (TPSA) is 24.1 Å². The Labute approximate surface area is 117 Å². The fraction of sp³-hybridized carbons (Fsp3) is 0.200. The van der Waals surface area contributed by atoms with Crippen LogP contribution in [-0.4, -0.2) is 7.05 Å². The molecule has 0 unspecified atom stereocenters. The van der Waals surface area contributed by atoms with Gasteiger partial charge in [0.05, 0.1) is 0 Å². The van der Waals surface area contributed by atoms with Crippen LogP contribution in [0.15, 0.2) is 46.9 Å². The summed E-state index contributed by atoms with van der Waals surface area (Å²) >= 11 is 3.51. The minimum Gasteiger partial charge on any atom is -0.388 e. The van der Waals surface area contributed by atoms with E-state index in [4.69, 9.17) is 0 Å². The number of hydrogen-bond acceptors (Lipinski definition) is 2. The highest BCUT2D eigenvalue weighted by molar-refractivity contribution is 9.10. The smallest absolute Gasteiger partial charge is 0.0400 e. The van der Waals surface area contributed by atoms with Crippen LogP contribution in [0.4, 0.5) is 11.4 Å². The predicted octanol–water partition coefficient (Wildman–Crippen LogP) is 4.41. The first kappa shape index (κ1) is 13.0. The van der Waals surface area contributed by atoms with E-state index in [0.29, 0.717) is 0 Å². The van der Waals surface area contributed by atoms with Gasteiger partial charge in [-0.2, -0.15) is 0 Å². The summed E-state index contributed by atoms with van der Waals surface area (Å²) in [4.78, 5) is 0. The summed E-state index contributed by atoms with van der Waals surface area (Å²) in [5.41, 5.74) is 4.80. The van der Waals surface area contributed by atoms with Gasteiger partial charge in [0.1, 0.15) is 0 Å². The Morgan fingerprint density at radius 1 is 1.00 bits per heavy atom. The van der Waals surface area contributed by atoms with E-state index in [2.05, 4.69) is 76.0 Å². The van der Waals surface area contributed by atoms with E-state index in [1.54, 1.807) is 0 Å². The second-order valence-electron chi connectivity index (χ2n) is 4.26. The third-order valence-electron chi connectivity index (χ3n) is 2.90. The fourth-order valence-electron chi connectivity index (χ4n) is 1.75. The molecule has 0 fully saturated rings. The Bertz CT molecular complexity index is 521. The van der Waals surface area contributed by atoms with Crippen molar-refractivity contribution in [1.29, 1.82) is 0 Å². The average molecular weight is 305 g/mol. The largest absolute Gasteiger partial charge is 0.388 e. The van der Waals surface area contributed by atoms with E-state index in [1.807, 2.05) is 7.05 Å². The molecule has 0 heterocycles. The second kappa shape index (κ2) is 5.91. The molecule has 0 aromatic heterocycles. The van der Waals surface area contributed by atoms with Crippen molar-refractivity contribution in [3.63, 3.8) is 0 Å². The van der Waals surface area contributed by atoms with Gasteiger partial charge in [0, 0.05) is 29.4 Å². The van der Waals surface area contributed by atoms with Gasteiger partial charge in [-0.3, -0.25) is 0 Å². The van der Waals surface area contributed by atoms with Gasteiger partial charge in [0.2, 0.25) is 0 Å². The molecule has 2 N–H and O–H groups in total. The Hall–Kier alpha value is -1.48. The highest BCUT2D eigenvalue weighted by Gasteiger charge is 1.98. The van der Waals surface area contributed by atoms with Crippen LogP contribution in [0.1, 0.15) is 11.1 Å². The van der Waals surface area contributed by atoms with Gasteiger partial charge in [-0.15, -0.1) is 0 Å². The lowest BCUT2D eigenvalue weighted by molar-refractivity contribution is 1.15. The van der Waals surface area contributed by atoms with Crippen molar-refractivity contribution in [2.24, 2.45) is 0 Å². The Morgan fingerprint density at radius 2 is 1.67 bits per heavy atom. The second-order valence-corrected chi connectivity index (χ2v) is 5.12. The lowest BCUT2D eigenvalue weighted by atomic mass is 10.2. The van der Waals surface area contributed by atoms with E-state index >= 15 is 0 Å². The Morgan fingerprint density at radius 3 is 2.28 bits per heavy atom. The zero-order valence-electron chi connectivity index (χ0n) is 10.6. The number of rotatable bonds is 4. The maximum atomic E-state index is 3.51. The molecule has 2 nitrogen and oxygen atoms in total. The van der Waals surface area contributed by atoms with E-state index in [0.717, 1.165) is 22.4 Å². The Balaban J connectivity index is 1.99. The summed E-state index contributed by atoms with van der Waals surface area (Å²) in [7, 11) is 1.93. The molecule has 0 spiro atoms. The van der Waals surface area contributed by atoms with Gasteiger partial charge in [0.15, 0.2) is 0 Å². The van der Waals surface area contributed by atoms with Crippen molar-refractivity contribution in [3.05, 3.63) is 58.1 Å². The first-order valence-electron chi connectivity index (χ1n) is 5.96. The van der Waals surface area contributed by atoms with Crippen LogP contribution in [0.25, 0.3) is 0 Å². The zero-order chi connectivity index (χ0) is 13.0. The summed E-state index contributed by atoms with van der Waals surface area (Å²) < 4.78 is 1.14. The van der Waals surface area contributed by atoms with Crippen LogP contribution in [0, 0.1) is 6.92 Å². The zero-order valence-corrected chi connectivity index (χ0v) is 12.2. The fourth-order valence-corrected chi connectivity index (χ4v) is 1.99. The SMILES string of the molecule is CNc1ccc(CNc2ccc(Br)c(C)c2)cc1. The van der Waals surface area contributed by atoms with Crippen LogP contribution < -0.4 is 10.6 Å². The molecule has 0 atom stereocenters. The molecule has 94 valence electrons. The molecule has 2 aromatic rings. The molecule has 0 aliphatic heterocycles. The first-order valence-corrected chi connectivity index (χ1v) is 6.75. The molecule has 2 aromatic carbocycles. The number of hydrogen-bond donors (Lipinski definition) is 2. The summed E-state index contributed by atoms with van der Waals surface area (Å²) in [6.07, 6.45) is 0. The molecular formula is C15H17BrN2. The monoisotopic (exact) mass is 304 g/mol. The molecule has 0 saturated heterocycles. The Kier molecular flexibility index (Phi) is 4.26. The molecule has 3 heteroatoms. The predicted molar refractivity (Wildman–Crippen MR) is 82.2 cm³/mol. The van der Waals surface area contributed by atoms with Crippen LogP contribution in [-0.2, 0) is 6.54 Å². The maximum absolute atomic E-state index is 3.51. The van der Waals surface area contributed by atoms with Gasteiger partial charge in [0.25, 0.3) is 0 Å². The third-order valence-corrected chi connectivity index (χ3v) is 3.79. The number of halogens is 1. The van der Waals surface area contributed by atoms with Gasteiger partial charge in [-0.05, 0) is 48.4 Å². The van der Waals surface area contributed by atoms with Crippen molar-refractivity contribution in [2.45, 2.75) is 13.5 Å². The van der Waals surface area contributed by atoms with Crippen LogP contribution in [0.3, 0.4) is 0 Å². The van der Waals surface area contributed by atoms with E-state index < -0.39 is 0 Å². The van der Waals surface area contributed by atoms with Gasteiger partial charge >= 0.3 is 0 Å². The average Bonchev–Trinajstić information content (AvgIpc) is 2.41. The van der Waals surface area contributed by atoms with E-state index in [-0.39, 0.29) is 0 Å². The molecule has 0 aliphatic carbocycles. The lowest BCUT2D eigenvalue weighted by Gasteiger charge is -2.09. The highest BCUT2D eigenvalue weighted by atomic mass is 79.9. The quantitative estimate of drug-likeness (QED) is 0.874. The highest BCUT2D eigenvalue weighted by Crippen LogP contribution is 2.20. The number of aryl methyl sites for hydroxylation is 1. The molecule has 2 rings (SSSR count). The van der Waals surface area contributed by atoms with Crippen LogP contribution in [0.5, 0.6) is 0 Å². The third kappa shape index (κ3) is 3.26. The number of anilines is 2. The van der Waals surface area contributed by atoms with Gasteiger partial charge in [-0.25, -0.2) is 0 Å². The van der Waals surface area contributed by atoms with Gasteiger partial charge < -0.3 is 10.6 Å². The van der Waals surface area contributed by atoms with Crippen molar-refractivity contribution in [2.75, 3.05) is 17.7 Å². The van der Waals surface area contributed by atoms with Crippen LogP contribution in [0.2, 0.25) is 0 Å².